The molecule has 206 valence electrons. The van der Waals surface area contributed by atoms with Crippen LogP contribution in [-0.2, 0) is 27.3 Å². The molecule has 1 aromatic carbocycles. The third-order valence-corrected chi connectivity index (χ3v) is 6.49. The van der Waals surface area contributed by atoms with Crippen molar-refractivity contribution in [3.63, 3.8) is 0 Å². The number of hydrogen-bond acceptors (Lipinski definition) is 8. The minimum Gasteiger partial charge on any atom is -0.495 e. The van der Waals surface area contributed by atoms with E-state index >= 15 is 0 Å². The van der Waals surface area contributed by atoms with Gasteiger partial charge in [-0.25, -0.2) is 9.78 Å². The molecule has 39 heavy (non-hydrogen) atoms. The number of nitrogens with zero attached hydrogens (tertiary/aromatic N) is 5. The predicted octanol–water partition coefficient (Wildman–Crippen LogP) is 1.25. The summed E-state index contributed by atoms with van der Waals surface area (Å²) in [5.74, 6) is -2.96. The van der Waals surface area contributed by atoms with Gasteiger partial charge in [0.25, 0.3) is 5.91 Å². The lowest BCUT2D eigenvalue weighted by atomic mass is 9.91. The highest BCUT2D eigenvalue weighted by molar-refractivity contribution is 6.04. The Morgan fingerprint density at radius 3 is 2.44 bits per heavy atom. The molecular formula is C26H30N6O7. The fraction of sp³-hybridized carbons (Fsp3) is 0.385. The molecule has 1 fully saturated rings. The number of pyridine rings is 1. The number of carbonyl (C=O) groups is 4. The smallest absolute Gasteiger partial charge is 0.409 e. The number of fused-ring (bicyclic) bond motifs is 1. The monoisotopic (exact) mass is 538 g/mol. The lowest BCUT2D eigenvalue weighted by molar-refractivity contribution is -0.137. The lowest BCUT2D eigenvalue weighted by Gasteiger charge is -2.36. The summed E-state index contributed by atoms with van der Waals surface area (Å²) in [6.45, 7) is 2.73. The summed E-state index contributed by atoms with van der Waals surface area (Å²) in [7, 11) is 1.41. The van der Waals surface area contributed by atoms with Crippen LogP contribution in [0.4, 0.5) is 4.79 Å². The number of aliphatic carboxylic acids is 1. The Labute approximate surface area is 224 Å². The molecule has 3 heterocycles. The number of para-hydroxylation sites is 1. The SMILES string of the molecule is CCOC(=O)N1CCN(C(=O)C(Cc2cn(CC(=O)O)cn2)c2nc3ccccc3c(OC)c2C(N)=O)CC1. The maximum Gasteiger partial charge on any atom is 0.409 e. The predicted molar refractivity (Wildman–Crippen MR) is 138 cm³/mol. The van der Waals surface area contributed by atoms with Gasteiger partial charge < -0.3 is 34.7 Å². The molecule has 1 aliphatic heterocycles. The average Bonchev–Trinajstić information content (AvgIpc) is 3.36. The van der Waals surface area contributed by atoms with Gasteiger partial charge in [-0.2, -0.15) is 0 Å². The number of aromatic nitrogens is 3. The highest BCUT2D eigenvalue weighted by Gasteiger charge is 2.35. The zero-order valence-corrected chi connectivity index (χ0v) is 21.7. The molecule has 1 saturated heterocycles. The summed E-state index contributed by atoms with van der Waals surface area (Å²) in [5, 5.41) is 9.69. The molecule has 1 atom stereocenters. The molecule has 3 N–H and O–H groups in total. The van der Waals surface area contributed by atoms with Crippen LogP contribution in [0.2, 0.25) is 0 Å². The lowest BCUT2D eigenvalue weighted by Crippen LogP contribution is -2.52. The van der Waals surface area contributed by atoms with Crippen molar-refractivity contribution in [1.82, 2.24) is 24.3 Å². The minimum atomic E-state index is -1.04. The number of primary amides is 1. The van der Waals surface area contributed by atoms with E-state index in [1.54, 1.807) is 36.1 Å². The van der Waals surface area contributed by atoms with E-state index in [4.69, 9.17) is 25.3 Å². The quantitative estimate of drug-likeness (QED) is 0.407. The molecule has 4 rings (SSSR count). The number of hydrogen-bond donors (Lipinski definition) is 2. The summed E-state index contributed by atoms with van der Waals surface area (Å²) >= 11 is 0. The van der Waals surface area contributed by atoms with E-state index in [2.05, 4.69) is 4.98 Å². The first-order chi connectivity index (χ1) is 18.7. The fourth-order valence-electron chi connectivity index (χ4n) is 4.71. The number of methoxy groups -OCH3 is 1. The van der Waals surface area contributed by atoms with E-state index in [1.165, 1.54) is 29.1 Å². The molecule has 0 spiro atoms. The fourth-order valence-corrected chi connectivity index (χ4v) is 4.71. The van der Waals surface area contributed by atoms with E-state index in [9.17, 15) is 19.2 Å². The molecule has 0 radical (unpaired) electrons. The van der Waals surface area contributed by atoms with Gasteiger partial charge in [-0.15, -0.1) is 0 Å². The van der Waals surface area contributed by atoms with Gasteiger partial charge in [-0.3, -0.25) is 19.4 Å². The minimum absolute atomic E-state index is 0.00956. The number of amides is 3. The van der Waals surface area contributed by atoms with Crippen molar-refractivity contribution >= 4 is 34.8 Å². The van der Waals surface area contributed by atoms with E-state index in [-0.39, 0.29) is 68.7 Å². The number of imidazole rings is 1. The molecule has 0 aliphatic carbocycles. The zero-order valence-electron chi connectivity index (χ0n) is 21.7. The van der Waals surface area contributed by atoms with Crippen LogP contribution >= 0.6 is 0 Å². The molecule has 1 unspecified atom stereocenters. The van der Waals surface area contributed by atoms with E-state index < -0.39 is 23.9 Å². The third kappa shape index (κ3) is 5.92. The molecule has 0 bridgehead atoms. The van der Waals surface area contributed by atoms with Gasteiger partial charge in [-0.1, -0.05) is 12.1 Å². The molecule has 13 nitrogen and oxygen atoms in total. The third-order valence-electron chi connectivity index (χ3n) is 6.49. The standard InChI is InChI=1S/C26H30N6O7/c1-3-39-26(37)32-10-8-31(9-11-32)25(36)18(12-16-13-30(15-28-16)14-20(33)34)22-21(24(27)35)23(38-2)17-6-4-5-7-19(17)29-22/h4-7,13,15,18H,3,8-12,14H2,1-2H3,(H2,27,35)(H,33,34). The molecule has 13 heteroatoms. The van der Waals surface area contributed by atoms with E-state index in [0.29, 0.717) is 16.6 Å². The van der Waals surface area contributed by atoms with Gasteiger partial charge >= 0.3 is 12.1 Å². The van der Waals surface area contributed by atoms with Crippen molar-refractivity contribution in [2.24, 2.45) is 5.73 Å². The Kier molecular flexibility index (Phi) is 8.27. The van der Waals surface area contributed by atoms with Crippen LogP contribution in [0.5, 0.6) is 5.75 Å². The van der Waals surface area contributed by atoms with Gasteiger partial charge in [0, 0.05) is 44.2 Å². The van der Waals surface area contributed by atoms with Crippen LogP contribution in [0.1, 0.15) is 34.6 Å². The number of carbonyl (C=O) groups excluding carboxylic acids is 3. The Balaban J connectivity index is 1.75. The molecule has 0 saturated carbocycles. The zero-order chi connectivity index (χ0) is 28.1. The molecule has 2 aromatic heterocycles. The molecule has 3 aromatic rings. The van der Waals surface area contributed by atoms with Crippen molar-refractivity contribution in [3.05, 3.63) is 53.7 Å². The van der Waals surface area contributed by atoms with Gasteiger partial charge in [0.2, 0.25) is 5.91 Å². The second-order valence-electron chi connectivity index (χ2n) is 8.99. The maximum absolute atomic E-state index is 14.0. The van der Waals surface area contributed by atoms with Crippen LogP contribution in [0.3, 0.4) is 0 Å². The van der Waals surface area contributed by atoms with Crippen molar-refractivity contribution < 1.29 is 33.8 Å². The number of ether oxygens (including phenoxy) is 2. The van der Waals surface area contributed by atoms with E-state index in [1.807, 2.05) is 0 Å². The van der Waals surface area contributed by atoms with Crippen molar-refractivity contribution in [2.75, 3.05) is 39.9 Å². The first kappa shape index (κ1) is 27.4. The van der Waals surface area contributed by atoms with Gasteiger partial charge in [0.05, 0.1) is 42.9 Å². The second kappa shape index (κ2) is 11.8. The number of rotatable bonds is 9. The van der Waals surface area contributed by atoms with Gasteiger partial charge in [0.1, 0.15) is 17.9 Å². The topological polar surface area (TPSA) is 170 Å². The Morgan fingerprint density at radius 2 is 1.79 bits per heavy atom. The van der Waals surface area contributed by atoms with Crippen LogP contribution in [0.15, 0.2) is 36.8 Å². The number of piperazine rings is 1. The van der Waals surface area contributed by atoms with E-state index in [0.717, 1.165) is 0 Å². The average molecular weight is 539 g/mol. The van der Waals surface area contributed by atoms with Crippen molar-refractivity contribution in [3.8, 4) is 5.75 Å². The maximum atomic E-state index is 14.0. The Morgan fingerprint density at radius 1 is 1.10 bits per heavy atom. The number of carboxylic acids is 1. The summed E-state index contributed by atoms with van der Waals surface area (Å²) in [4.78, 5) is 62.2. The first-order valence-corrected chi connectivity index (χ1v) is 12.4. The first-order valence-electron chi connectivity index (χ1n) is 12.4. The van der Waals surface area contributed by atoms with Crippen LogP contribution in [0.25, 0.3) is 10.9 Å². The molecule has 1 aliphatic rings. The summed E-state index contributed by atoms with van der Waals surface area (Å²) in [6.07, 6.45) is 2.49. The van der Waals surface area contributed by atoms with Gasteiger partial charge in [-0.05, 0) is 19.1 Å². The van der Waals surface area contributed by atoms with Crippen molar-refractivity contribution in [2.45, 2.75) is 25.8 Å². The summed E-state index contributed by atoms with van der Waals surface area (Å²) in [5.41, 5.74) is 6.88. The highest BCUT2D eigenvalue weighted by Crippen LogP contribution is 2.35. The Bertz CT molecular complexity index is 1400. The molecular weight excluding hydrogens is 508 g/mol. The second-order valence-corrected chi connectivity index (χ2v) is 8.99. The van der Waals surface area contributed by atoms with Crippen LogP contribution in [0, 0.1) is 0 Å². The molecule has 3 amide bonds. The summed E-state index contributed by atoms with van der Waals surface area (Å²) < 4.78 is 12.0. The highest BCUT2D eigenvalue weighted by atomic mass is 16.6. The number of nitrogens with two attached hydrogens (primary N) is 1. The normalized spacial score (nSPS) is 14.2. The largest absolute Gasteiger partial charge is 0.495 e. The number of benzene rings is 1. The van der Waals surface area contributed by atoms with Crippen molar-refractivity contribution in [1.29, 1.82) is 0 Å². The number of carboxylic acid groups (broad SMARTS) is 1. The van der Waals surface area contributed by atoms with Crippen LogP contribution < -0.4 is 10.5 Å². The van der Waals surface area contributed by atoms with Crippen LogP contribution in [-0.4, -0.2) is 93.2 Å². The Hall–Kier alpha value is -4.68. The summed E-state index contributed by atoms with van der Waals surface area (Å²) in [6, 6.07) is 7.04. The van der Waals surface area contributed by atoms with Gasteiger partial charge in [0.15, 0.2) is 0 Å².